The van der Waals surface area contributed by atoms with Gasteiger partial charge >= 0.3 is 5.97 Å². The van der Waals surface area contributed by atoms with Crippen LogP contribution in [0.4, 0.5) is 8.78 Å². The lowest BCUT2D eigenvalue weighted by molar-refractivity contribution is -0.142. The molecule has 1 aliphatic rings. The van der Waals surface area contributed by atoms with Crippen molar-refractivity contribution in [2.24, 2.45) is 5.92 Å². The van der Waals surface area contributed by atoms with Crippen molar-refractivity contribution < 1.29 is 18.3 Å². The van der Waals surface area contributed by atoms with Crippen LogP contribution in [0.15, 0.2) is 0 Å². The van der Waals surface area contributed by atoms with Gasteiger partial charge in [0.25, 0.3) is 6.43 Å². The van der Waals surface area contributed by atoms with E-state index in [4.69, 9.17) is 5.26 Å². The van der Waals surface area contributed by atoms with E-state index in [9.17, 15) is 13.6 Å². The Kier molecular flexibility index (Phi) is 6.67. The number of piperidine rings is 1. The molecule has 2 unspecified atom stereocenters. The second-order valence-electron chi connectivity index (χ2n) is 4.73. The average Bonchev–Trinajstić information content (AvgIpc) is 2.36. The Morgan fingerprint density at radius 1 is 1.58 bits per heavy atom. The summed E-state index contributed by atoms with van der Waals surface area (Å²) in [5.74, 6) is -0.277. The predicted molar refractivity (Wildman–Crippen MR) is 64.6 cm³/mol. The van der Waals surface area contributed by atoms with E-state index < -0.39 is 6.43 Å². The number of nitrogens with one attached hydrogen (secondary N) is 1. The summed E-state index contributed by atoms with van der Waals surface area (Å²) in [6.45, 7) is 1.05. The van der Waals surface area contributed by atoms with Crippen LogP contribution in [0.2, 0.25) is 0 Å². The molecule has 0 bridgehead atoms. The molecule has 0 radical (unpaired) electrons. The van der Waals surface area contributed by atoms with E-state index in [2.05, 4.69) is 10.1 Å². The highest BCUT2D eigenvalue weighted by atomic mass is 19.3. The van der Waals surface area contributed by atoms with Gasteiger partial charge < -0.3 is 10.1 Å². The average molecular weight is 275 g/mol. The minimum absolute atomic E-state index is 0.0322. The zero-order valence-electron chi connectivity index (χ0n) is 10.9. The molecule has 0 amide bonds. The molecule has 1 heterocycles. The standard InChI is InChI=1S/C12H19F2N3O2/c1-19-12(18)5-9-4-10(16-6-11(13)14)8-17(7-9)3-2-15/h9-11,16H,3-8H2,1H3. The van der Waals surface area contributed by atoms with Crippen LogP contribution in [-0.4, -0.2) is 56.6 Å². The topological polar surface area (TPSA) is 65.4 Å². The van der Waals surface area contributed by atoms with Gasteiger partial charge in [0.05, 0.1) is 26.3 Å². The number of rotatable bonds is 6. The van der Waals surface area contributed by atoms with Crippen LogP contribution in [0.5, 0.6) is 0 Å². The molecule has 1 rings (SSSR count). The SMILES string of the molecule is COC(=O)CC1CC(NCC(F)F)CN(CC#N)C1. The first-order valence-corrected chi connectivity index (χ1v) is 6.22. The minimum Gasteiger partial charge on any atom is -0.469 e. The maximum absolute atomic E-state index is 12.2. The second kappa shape index (κ2) is 8.02. The van der Waals surface area contributed by atoms with Gasteiger partial charge in [0.15, 0.2) is 0 Å². The molecule has 0 aromatic carbocycles. The predicted octanol–water partition coefficient (Wildman–Crippen LogP) is 0.618. The highest BCUT2D eigenvalue weighted by Gasteiger charge is 2.28. The first-order valence-electron chi connectivity index (χ1n) is 6.22. The fourth-order valence-electron chi connectivity index (χ4n) is 2.40. The van der Waals surface area contributed by atoms with Gasteiger partial charge in [0, 0.05) is 25.6 Å². The van der Waals surface area contributed by atoms with Gasteiger partial charge in [0.2, 0.25) is 0 Å². The Morgan fingerprint density at radius 3 is 2.89 bits per heavy atom. The van der Waals surface area contributed by atoms with Crippen LogP contribution in [0.3, 0.4) is 0 Å². The molecular weight excluding hydrogens is 256 g/mol. The summed E-state index contributed by atoms with van der Waals surface area (Å²) in [4.78, 5) is 13.1. The largest absolute Gasteiger partial charge is 0.469 e. The number of nitriles is 1. The van der Waals surface area contributed by atoms with E-state index in [1.165, 1.54) is 7.11 Å². The van der Waals surface area contributed by atoms with Crippen molar-refractivity contribution in [2.45, 2.75) is 25.3 Å². The molecule has 1 saturated heterocycles. The van der Waals surface area contributed by atoms with E-state index >= 15 is 0 Å². The van der Waals surface area contributed by atoms with Crippen LogP contribution in [0, 0.1) is 17.2 Å². The Morgan fingerprint density at radius 2 is 2.32 bits per heavy atom. The van der Waals surface area contributed by atoms with Gasteiger partial charge in [-0.1, -0.05) is 0 Å². The molecule has 0 saturated carbocycles. The number of carbonyl (C=O) groups is 1. The van der Waals surface area contributed by atoms with Gasteiger partial charge in [-0.25, -0.2) is 8.78 Å². The smallest absolute Gasteiger partial charge is 0.305 e. The van der Waals surface area contributed by atoms with Crippen LogP contribution < -0.4 is 5.32 Å². The molecule has 1 aliphatic heterocycles. The third kappa shape index (κ3) is 5.94. The number of esters is 1. The summed E-state index contributed by atoms with van der Waals surface area (Å²) >= 11 is 0. The Labute approximate surface area is 111 Å². The van der Waals surface area contributed by atoms with Crippen LogP contribution in [-0.2, 0) is 9.53 Å². The molecule has 0 aromatic heterocycles. The van der Waals surface area contributed by atoms with Crippen molar-refractivity contribution in [2.75, 3.05) is 33.3 Å². The molecule has 5 nitrogen and oxygen atoms in total. The van der Waals surface area contributed by atoms with Crippen molar-refractivity contribution >= 4 is 5.97 Å². The normalized spacial score (nSPS) is 24.2. The molecule has 0 aromatic rings. The zero-order valence-corrected chi connectivity index (χ0v) is 10.9. The first-order chi connectivity index (χ1) is 9.05. The number of hydrogen-bond donors (Lipinski definition) is 1. The maximum Gasteiger partial charge on any atom is 0.305 e. The van der Waals surface area contributed by atoms with Crippen LogP contribution >= 0.6 is 0 Å². The summed E-state index contributed by atoms with van der Waals surface area (Å²) in [5, 5.41) is 11.5. The van der Waals surface area contributed by atoms with E-state index in [1.807, 2.05) is 11.0 Å². The lowest BCUT2D eigenvalue weighted by Gasteiger charge is -2.36. The number of hydrogen-bond acceptors (Lipinski definition) is 5. The molecule has 2 atom stereocenters. The Balaban J connectivity index is 2.52. The lowest BCUT2D eigenvalue weighted by atomic mass is 9.91. The van der Waals surface area contributed by atoms with Gasteiger partial charge in [0.1, 0.15) is 0 Å². The van der Waals surface area contributed by atoms with E-state index in [0.29, 0.717) is 19.5 Å². The number of halogens is 2. The second-order valence-corrected chi connectivity index (χ2v) is 4.73. The minimum atomic E-state index is -2.40. The molecule has 1 N–H and O–H groups in total. The van der Waals surface area contributed by atoms with Gasteiger partial charge in [-0.15, -0.1) is 0 Å². The van der Waals surface area contributed by atoms with E-state index in [-0.39, 0.29) is 37.4 Å². The highest BCUT2D eigenvalue weighted by molar-refractivity contribution is 5.69. The number of alkyl halides is 2. The third-order valence-corrected chi connectivity index (χ3v) is 3.15. The number of ether oxygens (including phenoxy) is 1. The molecular formula is C12H19F2N3O2. The third-order valence-electron chi connectivity index (χ3n) is 3.15. The summed E-state index contributed by atoms with van der Waals surface area (Å²) < 4.78 is 29.0. The van der Waals surface area contributed by atoms with E-state index in [1.54, 1.807) is 0 Å². The molecule has 7 heteroatoms. The van der Waals surface area contributed by atoms with Crippen molar-refractivity contribution in [1.29, 1.82) is 5.26 Å². The quantitative estimate of drug-likeness (QED) is 0.568. The van der Waals surface area contributed by atoms with Crippen LogP contribution in [0.1, 0.15) is 12.8 Å². The Hall–Kier alpha value is -1.26. The molecule has 0 aliphatic carbocycles. The van der Waals surface area contributed by atoms with Crippen LogP contribution in [0.25, 0.3) is 0 Å². The summed E-state index contributed by atoms with van der Waals surface area (Å²) in [6, 6.07) is 1.92. The number of nitrogens with zero attached hydrogens (tertiary/aromatic N) is 2. The van der Waals surface area contributed by atoms with Crippen molar-refractivity contribution in [1.82, 2.24) is 10.2 Å². The summed E-state index contributed by atoms with van der Waals surface area (Å²) in [7, 11) is 1.32. The van der Waals surface area contributed by atoms with E-state index in [0.717, 1.165) is 0 Å². The monoisotopic (exact) mass is 275 g/mol. The number of methoxy groups -OCH3 is 1. The zero-order chi connectivity index (χ0) is 14.3. The molecule has 108 valence electrons. The molecule has 0 spiro atoms. The fourth-order valence-corrected chi connectivity index (χ4v) is 2.40. The fraction of sp³-hybridized carbons (Fsp3) is 0.833. The van der Waals surface area contributed by atoms with Gasteiger partial charge in [-0.05, 0) is 12.3 Å². The highest BCUT2D eigenvalue weighted by Crippen LogP contribution is 2.20. The Bertz CT molecular complexity index is 333. The molecule has 1 fully saturated rings. The summed E-state index contributed by atoms with van der Waals surface area (Å²) in [5.41, 5.74) is 0. The van der Waals surface area contributed by atoms with Crippen molar-refractivity contribution in [3.8, 4) is 6.07 Å². The number of likely N-dealkylation sites (tertiary alicyclic amines) is 1. The lowest BCUT2D eigenvalue weighted by Crippen LogP contribution is -2.50. The first kappa shape index (κ1) is 15.8. The van der Waals surface area contributed by atoms with Gasteiger partial charge in [-0.3, -0.25) is 9.69 Å². The number of carbonyl (C=O) groups excluding carboxylic acids is 1. The van der Waals surface area contributed by atoms with Crippen molar-refractivity contribution in [3.05, 3.63) is 0 Å². The van der Waals surface area contributed by atoms with Crippen molar-refractivity contribution in [3.63, 3.8) is 0 Å². The van der Waals surface area contributed by atoms with Gasteiger partial charge in [-0.2, -0.15) is 5.26 Å². The maximum atomic E-state index is 12.2. The molecule has 19 heavy (non-hydrogen) atoms. The summed E-state index contributed by atoms with van der Waals surface area (Å²) in [6.07, 6.45) is -1.50.